The molecule has 0 saturated carbocycles. The molecule has 0 unspecified atom stereocenters. The van der Waals surface area contributed by atoms with Crippen molar-refractivity contribution in [2.45, 2.75) is 12.8 Å². The first kappa shape index (κ1) is 9.13. The minimum absolute atomic E-state index is 0.196. The van der Waals surface area contributed by atoms with Crippen molar-refractivity contribution in [3.05, 3.63) is 28.3 Å². The van der Waals surface area contributed by atoms with Gasteiger partial charge in [-0.15, -0.1) is 11.6 Å². The summed E-state index contributed by atoms with van der Waals surface area (Å²) in [5.74, 6) is 0.873. The molecule has 0 radical (unpaired) electrons. The average Bonchev–Trinajstić information content (AvgIpc) is 2.09. The van der Waals surface area contributed by atoms with Crippen LogP contribution in [0.15, 0.2) is 21.5 Å². The Morgan fingerprint density at radius 1 is 1.67 bits per heavy atom. The summed E-state index contributed by atoms with van der Waals surface area (Å²) >= 11 is 5.45. The topological polar surface area (TPSA) is 39.4 Å². The summed E-state index contributed by atoms with van der Waals surface area (Å²) in [6.45, 7) is 2.25. The van der Waals surface area contributed by atoms with Gasteiger partial charge in [-0.05, 0) is 6.92 Å². The van der Waals surface area contributed by atoms with E-state index in [4.69, 9.17) is 20.8 Å². The molecular weight excluding hydrogens is 180 g/mol. The summed E-state index contributed by atoms with van der Waals surface area (Å²) < 4.78 is 9.97. The third kappa shape index (κ3) is 2.01. The quantitative estimate of drug-likeness (QED) is 0.679. The predicted molar refractivity (Wildman–Crippen MR) is 45.7 cm³/mol. The lowest BCUT2D eigenvalue weighted by molar-refractivity contribution is 0.320. The van der Waals surface area contributed by atoms with E-state index in [1.165, 1.54) is 12.3 Å². The van der Waals surface area contributed by atoms with Crippen molar-refractivity contribution < 1.29 is 9.15 Å². The molecule has 0 spiro atoms. The minimum atomic E-state index is -0.196. The SMILES string of the molecule is CCOc1coc(CCl)cc1=O. The van der Waals surface area contributed by atoms with E-state index in [1.807, 2.05) is 0 Å². The Kier molecular flexibility index (Phi) is 3.17. The Balaban J connectivity index is 2.96. The molecule has 4 heteroatoms. The molecule has 0 aromatic carbocycles. The van der Waals surface area contributed by atoms with E-state index >= 15 is 0 Å². The number of rotatable bonds is 3. The summed E-state index contributed by atoms with van der Waals surface area (Å²) in [6, 6.07) is 1.33. The second-order valence-corrected chi connectivity index (χ2v) is 2.41. The van der Waals surface area contributed by atoms with Crippen LogP contribution in [0.1, 0.15) is 12.7 Å². The number of hydrogen-bond donors (Lipinski definition) is 0. The highest BCUT2D eigenvalue weighted by Crippen LogP contribution is 2.07. The van der Waals surface area contributed by atoms with Crippen LogP contribution in [0.25, 0.3) is 0 Å². The average molecular weight is 189 g/mol. The zero-order valence-corrected chi connectivity index (χ0v) is 7.43. The maximum atomic E-state index is 11.1. The molecule has 1 heterocycles. The smallest absolute Gasteiger partial charge is 0.227 e. The summed E-state index contributed by atoms with van der Waals surface area (Å²) in [5.41, 5.74) is -0.196. The van der Waals surface area contributed by atoms with Gasteiger partial charge in [0.25, 0.3) is 0 Å². The van der Waals surface area contributed by atoms with E-state index in [9.17, 15) is 4.79 Å². The van der Waals surface area contributed by atoms with Crippen LogP contribution in [-0.2, 0) is 5.88 Å². The molecule has 0 bridgehead atoms. The Morgan fingerprint density at radius 2 is 2.42 bits per heavy atom. The van der Waals surface area contributed by atoms with E-state index in [1.54, 1.807) is 6.92 Å². The molecule has 1 aromatic heterocycles. The van der Waals surface area contributed by atoms with Crippen LogP contribution in [0, 0.1) is 0 Å². The Hall–Kier alpha value is -0.960. The zero-order chi connectivity index (χ0) is 8.97. The number of alkyl halides is 1. The molecule has 0 amide bonds. The Morgan fingerprint density at radius 3 is 2.92 bits per heavy atom. The van der Waals surface area contributed by atoms with Crippen molar-refractivity contribution in [2.75, 3.05) is 6.61 Å². The van der Waals surface area contributed by atoms with E-state index in [2.05, 4.69) is 0 Å². The zero-order valence-electron chi connectivity index (χ0n) is 6.67. The highest BCUT2D eigenvalue weighted by atomic mass is 35.5. The lowest BCUT2D eigenvalue weighted by atomic mass is 10.4. The van der Waals surface area contributed by atoms with Gasteiger partial charge >= 0.3 is 0 Å². The fourth-order valence-corrected chi connectivity index (χ4v) is 0.910. The number of halogens is 1. The van der Waals surface area contributed by atoms with Gasteiger partial charge in [-0.3, -0.25) is 4.79 Å². The van der Waals surface area contributed by atoms with Crippen molar-refractivity contribution >= 4 is 11.6 Å². The lowest BCUT2D eigenvalue weighted by Gasteiger charge is -2.00. The molecular formula is C8H9ClO3. The third-order valence-electron chi connectivity index (χ3n) is 1.28. The molecule has 0 atom stereocenters. The van der Waals surface area contributed by atoms with Crippen LogP contribution < -0.4 is 10.2 Å². The molecule has 0 fully saturated rings. The number of ether oxygens (including phenoxy) is 1. The Labute approximate surface area is 74.9 Å². The van der Waals surface area contributed by atoms with Crippen LogP contribution in [0.5, 0.6) is 5.75 Å². The summed E-state index contributed by atoms with van der Waals surface area (Å²) in [4.78, 5) is 11.1. The molecule has 1 rings (SSSR count). The molecule has 0 aliphatic carbocycles. The van der Waals surface area contributed by atoms with Crippen molar-refractivity contribution in [2.24, 2.45) is 0 Å². The molecule has 12 heavy (non-hydrogen) atoms. The first-order valence-corrected chi connectivity index (χ1v) is 4.12. The predicted octanol–water partition coefficient (Wildman–Crippen LogP) is 1.78. The van der Waals surface area contributed by atoms with Crippen LogP contribution in [0.3, 0.4) is 0 Å². The van der Waals surface area contributed by atoms with Crippen LogP contribution in [0.2, 0.25) is 0 Å². The highest BCUT2D eigenvalue weighted by molar-refractivity contribution is 6.16. The van der Waals surface area contributed by atoms with E-state index in [0.29, 0.717) is 12.4 Å². The minimum Gasteiger partial charge on any atom is -0.487 e. The van der Waals surface area contributed by atoms with E-state index in [0.717, 1.165) is 0 Å². The van der Waals surface area contributed by atoms with Gasteiger partial charge in [0.1, 0.15) is 12.0 Å². The standard InChI is InChI=1S/C8H9ClO3/c1-2-11-8-5-12-6(4-9)3-7(8)10/h3,5H,2,4H2,1H3. The number of hydrogen-bond acceptors (Lipinski definition) is 3. The van der Waals surface area contributed by atoms with Crippen molar-refractivity contribution in [3.8, 4) is 5.75 Å². The van der Waals surface area contributed by atoms with Gasteiger partial charge in [0.2, 0.25) is 11.2 Å². The molecule has 0 aliphatic rings. The molecule has 0 saturated heterocycles. The molecule has 0 aliphatic heterocycles. The second-order valence-electron chi connectivity index (χ2n) is 2.14. The van der Waals surface area contributed by atoms with Crippen molar-refractivity contribution in [3.63, 3.8) is 0 Å². The first-order valence-electron chi connectivity index (χ1n) is 3.58. The lowest BCUT2D eigenvalue weighted by Crippen LogP contribution is -2.06. The monoisotopic (exact) mass is 188 g/mol. The highest BCUT2D eigenvalue weighted by Gasteiger charge is 2.01. The normalized spacial score (nSPS) is 9.83. The van der Waals surface area contributed by atoms with Gasteiger partial charge in [-0.2, -0.15) is 0 Å². The van der Waals surface area contributed by atoms with Gasteiger partial charge in [0, 0.05) is 6.07 Å². The van der Waals surface area contributed by atoms with E-state index in [-0.39, 0.29) is 17.1 Å². The fraction of sp³-hybridized carbons (Fsp3) is 0.375. The third-order valence-corrected chi connectivity index (χ3v) is 1.55. The molecule has 1 aromatic rings. The van der Waals surface area contributed by atoms with Crippen LogP contribution >= 0.6 is 11.6 Å². The summed E-state index contributed by atoms with van der Waals surface area (Å²) in [7, 11) is 0. The maximum Gasteiger partial charge on any atom is 0.227 e. The van der Waals surface area contributed by atoms with Gasteiger partial charge in [-0.25, -0.2) is 0 Å². The first-order chi connectivity index (χ1) is 5.77. The van der Waals surface area contributed by atoms with E-state index < -0.39 is 0 Å². The molecule has 66 valence electrons. The van der Waals surface area contributed by atoms with Gasteiger partial charge in [0.05, 0.1) is 12.5 Å². The Bertz CT molecular complexity index is 305. The van der Waals surface area contributed by atoms with Crippen LogP contribution in [0.4, 0.5) is 0 Å². The summed E-state index contributed by atoms with van der Waals surface area (Å²) in [5, 5.41) is 0. The summed E-state index contributed by atoms with van der Waals surface area (Å²) in [6.07, 6.45) is 1.28. The maximum absolute atomic E-state index is 11.1. The van der Waals surface area contributed by atoms with Gasteiger partial charge in [-0.1, -0.05) is 0 Å². The molecule has 3 nitrogen and oxygen atoms in total. The fourth-order valence-electron chi connectivity index (χ4n) is 0.769. The van der Waals surface area contributed by atoms with Crippen molar-refractivity contribution in [1.82, 2.24) is 0 Å². The van der Waals surface area contributed by atoms with Crippen molar-refractivity contribution in [1.29, 1.82) is 0 Å². The second kappa shape index (κ2) is 4.16. The van der Waals surface area contributed by atoms with Gasteiger partial charge < -0.3 is 9.15 Å². The van der Waals surface area contributed by atoms with Gasteiger partial charge in [0.15, 0.2) is 0 Å². The van der Waals surface area contributed by atoms with Crippen LogP contribution in [-0.4, -0.2) is 6.61 Å². The largest absolute Gasteiger partial charge is 0.487 e. The molecule has 0 N–H and O–H groups in total.